The number of nitrogens with one attached hydrogen (secondary N) is 1. The summed E-state index contributed by atoms with van der Waals surface area (Å²) in [4.78, 5) is 3.98. The second-order valence-corrected chi connectivity index (χ2v) is 3.98. The summed E-state index contributed by atoms with van der Waals surface area (Å²) in [5, 5.41) is 12.0. The minimum atomic E-state index is 0.336. The minimum absolute atomic E-state index is 0.336. The Kier molecular flexibility index (Phi) is 3.82. The average molecular weight is 241 g/mol. The van der Waals surface area contributed by atoms with Gasteiger partial charge in [-0.2, -0.15) is 5.26 Å². The summed E-state index contributed by atoms with van der Waals surface area (Å²) in [7, 11) is 0. The summed E-state index contributed by atoms with van der Waals surface area (Å²) >= 11 is 0. The van der Waals surface area contributed by atoms with E-state index in [0.29, 0.717) is 12.1 Å². The highest BCUT2D eigenvalue weighted by Gasteiger charge is 2.00. The first-order valence-electron chi connectivity index (χ1n) is 5.74. The van der Waals surface area contributed by atoms with Crippen molar-refractivity contribution in [1.29, 1.82) is 5.26 Å². The smallest absolute Gasteiger partial charge is 0.0946 e. The maximum Gasteiger partial charge on any atom is 0.0946 e. The van der Waals surface area contributed by atoms with Gasteiger partial charge in [0, 0.05) is 36.9 Å². The van der Waals surface area contributed by atoms with E-state index in [2.05, 4.69) is 16.4 Å². The highest BCUT2D eigenvalue weighted by Crippen LogP contribution is 2.18. The van der Waals surface area contributed by atoms with Crippen molar-refractivity contribution in [2.24, 2.45) is 0 Å². The van der Waals surface area contributed by atoms with Crippen molar-refractivity contribution in [3.63, 3.8) is 0 Å². The molecule has 1 aromatic heterocycles. The van der Waals surface area contributed by atoms with Crippen LogP contribution in [0.4, 0.5) is 11.4 Å². The van der Waals surface area contributed by atoms with Gasteiger partial charge in [0.05, 0.1) is 18.8 Å². The Hall–Kier alpha value is -2.48. The van der Waals surface area contributed by atoms with Gasteiger partial charge in [0.2, 0.25) is 0 Å². The van der Waals surface area contributed by atoms with Gasteiger partial charge in [-0.15, -0.1) is 0 Å². The number of anilines is 2. The van der Waals surface area contributed by atoms with Gasteiger partial charge < -0.3 is 15.6 Å². The van der Waals surface area contributed by atoms with Crippen LogP contribution >= 0.6 is 0 Å². The van der Waals surface area contributed by atoms with Gasteiger partial charge in [0.25, 0.3) is 0 Å². The number of nitrogens with zero attached hydrogens (tertiary/aromatic N) is 3. The first-order valence-corrected chi connectivity index (χ1v) is 5.74. The molecule has 0 radical (unpaired) electrons. The average Bonchev–Trinajstić information content (AvgIpc) is 2.87. The van der Waals surface area contributed by atoms with Gasteiger partial charge in [-0.1, -0.05) is 0 Å². The van der Waals surface area contributed by atoms with Crippen LogP contribution < -0.4 is 11.1 Å². The highest BCUT2D eigenvalue weighted by atomic mass is 15.0. The summed E-state index contributed by atoms with van der Waals surface area (Å²) in [6.07, 6.45) is 5.80. The van der Waals surface area contributed by atoms with E-state index in [-0.39, 0.29) is 0 Å². The van der Waals surface area contributed by atoms with Gasteiger partial charge in [0.15, 0.2) is 0 Å². The van der Waals surface area contributed by atoms with Gasteiger partial charge in [-0.3, -0.25) is 0 Å². The third kappa shape index (κ3) is 3.01. The lowest BCUT2D eigenvalue weighted by molar-refractivity contribution is 0.727. The highest BCUT2D eigenvalue weighted by molar-refractivity contribution is 5.57. The number of nitrogen functional groups attached to an aromatic ring is 1. The second-order valence-electron chi connectivity index (χ2n) is 3.98. The van der Waals surface area contributed by atoms with E-state index in [9.17, 15) is 0 Å². The molecule has 0 saturated carbocycles. The molecule has 0 saturated heterocycles. The normalized spacial score (nSPS) is 9.94. The monoisotopic (exact) mass is 241 g/mol. The van der Waals surface area contributed by atoms with Crippen LogP contribution in [0.15, 0.2) is 36.9 Å². The van der Waals surface area contributed by atoms with Crippen molar-refractivity contribution in [3.05, 3.63) is 42.5 Å². The van der Waals surface area contributed by atoms with E-state index in [0.717, 1.165) is 24.3 Å². The standard InChI is InChI=1S/C13H15N5/c14-4-3-11-9-12(1-2-13(11)15)17-6-8-18-7-5-16-10-18/h1-2,5,7,9-10,17H,3,6,8,15H2. The number of benzene rings is 1. The Morgan fingerprint density at radius 3 is 3.06 bits per heavy atom. The second kappa shape index (κ2) is 5.73. The molecule has 0 bridgehead atoms. The molecule has 0 unspecified atom stereocenters. The van der Waals surface area contributed by atoms with Crippen LogP contribution in [0.5, 0.6) is 0 Å². The van der Waals surface area contributed by atoms with Crippen LogP contribution in [0.3, 0.4) is 0 Å². The third-order valence-electron chi connectivity index (χ3n) is 2.67. The predicted octanol–water partition coefficient (Wildman–Crippen LogP) is 1.64. The van der Waals surface area contributed by atoms with E-state index >= 15 is 0 Å². The van der Waals surface area contributed by atoms with Crippen LogP contribution in [-0.2, 0) is 13.0 Å². The van der Waals surface area contributed by atoms with Crippen LogP contribution in [0.25, 0.3) is 0 Å². The van der Waals surface area contributed by atoms with Crippen LogP contribution in [-0.4, -0.2) is 16.1 Å². The van der Waals surface area contributed by atoms with E-state index in [1.807, 2.05) is 29.0 Å². The molecule has 0 spiro atoms. The fraction of sp³-hybridized carbons (Fsp3) is 0.231. The number of aromatic nitrogens is 2. The van der Waals surface area contributed by atoms with Gasteiger partial charge in [0.1, 0.15) is 0 Å². The molecule has 0 aliphatic heterocycles. The maximum absolute atomic E-state index is 8.70. The molecule has 5 heteroatoms. The summed E-state index contributed by atoms with van der Waals surface area (Å²) in [5.41, 5.74) is 8.30. The fourth-order valence-corrected chi connectivity index (χ4v) is 1.70. The molecule has 5 nitrogen and oxygen atoms in total. The quantitative estimate of drug-likeness (QED) is 0.780. The topological polar surface area (TPSA) is 79.7 Å². The molecule has 2 aromatic rings. The first kappa shape index (κ1) is 12.0. The number of hydrogen-bond donors (Lipinski definition) is 2. The minimum Gasteiger partial charge on any atom is -0.398 e. The molecule has 1 heterocycles. The first-order chi connectivity index (χ1) is 8.79. The molecule has 3 N–H and O–H groups in total. The molecule has 0 amide bonds. The molecule has 18 heavy (non-hydrogen) atoms. The molecule has 2 rings (SSSR count). The molecule has 0 aliphatic carbocycles. The summed E-state index contributed by atoms with van der Waals surface area (Å²) in [6, 6.07) is 7.78. The summed E-state index contributed by atoms with van der Waals surface area (Å²) in [6.45, 7) is 1.64. The number of rotatable bonds is 5. The Morgan fingerprint density at radius 2 is 2.33 bits per heavy atom. The van der Waals surface area contributed by atoms with Crippen molar-refractivity contribution in [2.45, 2.75) is 13.0 Å². The SMILES string of the molecule is N#CCc1cc(NCCn2ccnc2)ccc1N. The summed E-state index contributed by atoms with van der Waals surface area (Å²) in [5.74, 6) is 0. The van der Waals surface area contributed by atoms with E-state index in [1.54, 1.807) is 12.5 Å². The zero-order valence-corrected chi connectivity index (χ0v) is 10.0. The summed E-state index contributed by atoms with van der Waals surface area (Å²) < 4.78 is 2.00. The number of nitrogens with two attached hydrogens (primary N) is 1. The molecule has 0 fully saturated rings. The molecule has 1 aromatic carbocycles. The Morgan fingerprint density at radius 1 is 1.44 bits per heavy atom. The van der Waals surface area contributed by atoms with Gasteiger partial charge in [-0.05, 0) is 23.8 Å². The van der Waals surface area contributed by atoms with Crippen LogP contribution in [0.2, 0.25) is 0 Å². The zero-order chi connectivity index (χ0) is 12.8. The maximum atomic E-state index is 8.70. The van der Waals surface area contributed by atoms with E-state index < -0.39 is 0 Å². The lowest BCUT2D eigenvalue weighted by atomic mass is 10.1. The van der Waals surface area contributed by atoms with Crippen molar-refractivity contribution in [2.75, 3.05) is 17.6 Å². The molecular weight excluding hydrogens is 226 g/mol. The predicted molar refractivity (Wildman–Crippen MR) is 70.9 cm³/mol. The van der Waals surface area contributed by atoms with E-state index in [4.69, 9.17) is 11.0 Å². The van der Waals surface area contributed by atoms with Gasteiger partial charge in [-0.25, -0.2) is 4.98 Å². The lowest BCUT2D eigenvalue weighted by Gasteiger charge is -2.09. The molecule has 0 atom stereocenters. The van der Waals surface area contributed by atoms with Crippen molar-refractivity contribution in [1.82, 2.24) is 9.55 Å². The van der Waals surface area contributed by atoms with Crippen LogP contribution in [0.1, 0.15) is 5.56 Å². The Bertz CT molecular complexity index is 539. The Labute approximate surface area is 106 Å². The number of imidazole rings is 1. The Balaban J connectivity index is 1.93. The molecule has 0 aliphatic rings. The largest absolute Gasteiger partial charge is 0.398 e. The fourth-order valence-electron chi connectivity index (χ4n) is 1.70. The lowest BCUT2D eigenvalue weighted by Crippen LogP contribution is -2.09. The zero-order valence-electron chi connectivity index (χ0n) is 10.0. The van der Waals surface area contributed by atoms with Crippen molar-refractivity contribution < 1.29 is 0 Å². The number of nitriles is 1. The van der Waals surface area contributed by atoms with E-state index in [1.165, 1.54) is 0 Å². The van der Waals surface area contributed by atoms with Gasteiger partial charge >= 0.3 is 0 Å². The molecular formula is C13H15N5. The molecule has 92 valence electrons. The van der Waals surface area contributed by atoms with Crippen LogP contribution in [0, 0.1) is 11.3 Å². The van der Waals surface area contributed by atoms with Crippen molar-refractivity contribution in [3.8, 4) is 6.07 Å². The number of hydrogen-bond acceptors (Lipinski definition) is 4. The third-order valence-corrected chi connectivity index (χ3v) is 2.67. The van der Waals surface area contributed by atoms with Crippen molar-refractivity contribution >= 4 is 11.4 Å².